The molecule has 11 heavy (non-hydrogen) atoms. The summed E-state index contributed by atoms with van der Waals surface area (Å²) in [6, 6.07) is -0.0894. The molecule has 1 aliphatic heterocycles. The van der Waals surface area contributed by atoms with Crippen LogP contribution in [-0.2, 0) is 0 Å². The fraction of sp³-hybridized carbons (Fsp3) is 1.00. The summed E-state index contributed by atoms with van der Waals surface area (Å²) in [4.78, 5) is 0. The number of hydrogen-bond acceptors (Lipinski definition) is 4. The lowest BCUT2D eigenvalue weighted by Gasteiger charge is -2.35. The van der Waals surface area contributed by atoms with E-state index in [0.29, 0.717) is 6.54 Å². The minimum atomic E-state index is -0.999. The number of hydrogen-bond donors (Lipinski definition) is 4. The van der Waals surface area contributed by atoms with Gasteiger partial charge < -0.3 is 20.6 Å². The number of aliphatic hydroxyl groups is 3. The average Bonchev–Trinajstić information content (AvgIpc) is 2.01. The maximum atomic E-state index is 9.34. The molecule has 0 aliphatic carbocycles. The Kier molecular flexibility index (Phi) is 2.84. The Balaban J connectivity index is 2.52. The standard InChI is InChI=1S/C7H15NO3/c1-2-4-6(10)7(11)5(9)3-8-4/h4-11H,2-3H2,1H3/t4-,5+,6-,7-/m1/s1. The summed E-state index contributed by atoms with van der Waals surface area (Å²) in [7, 11) is 0. The van der Waals surface area contributed by atoms with Crippen molar-refractivity contribution in [3.63, 3.8) is 0 Å². The summed E-state index contributed by atoms with van der Waals surface area (Å²) in [5.41, 5.74) is 0. The fourth-order valence-corrected chi connectivity index (χ4v) is 1.37. The summed E-state index contributed by atoms with van der Waals surface area (Å²) in [5.74, 6) is 0. The second-order valence-corrected chi connectivity index (χ2v) is 2.97. The van der Waals surface area contributed by atoms with Gasteiger partial charge in [-0.05, 0) is 6.42 Å². The predicted octanol–water partition coefficient (Wildman–Crippen LogP) is -1.55. The van der Waals surface area contributed by atoms with Gasteiger partial charge in [-0.2, -0.15) is 0 Å². The lowest BCUT2D eigenvalue weighted by atomic mass is 9.95. The van der Waals surface area contributed by atoms with E-state index in [9.17, 15) is 10.2 Å². The van der Waals surface area contributed by atoms with E-state index in [1.165, 1.54) is 0 Å². The number of aliphatic hydroxyl groups excluding tert-OH is 3. The van der Waals surface area contributed by atoms with Crippen LogP contribution >= 0.6 is 0 Å². The van der Waals surface area contributed by atoms with Crippen molar-refractivity contribution in [3.05, 3.63) is 0 Å². The smallest absolute Gasteiger partial charge is 0.108 e. The van der Waals surface area contributed by atoms with Crippen LogP contribution in [0, 0.1) is 0 Å². The summed E-state index contributed by atoms with van der Waals surface area (Å²) < 4.78 is 0. The number of piperidine rings is 1. The van der Waals surface area contributed by atoms with Crippen molar-refractivity contribution in [2.45, 2.75) is 37.7 Å². The van der Waals surface area contributed by atoms with Crippen molar-refractivity contribution >= 4 is 0 Å². The quantitative estimate of drug-likeness (QED) is 0.376. The third-order valence-electron chi connectivity index (χ3n) is 2.19. The van der Waals surface area contributed by atoms with Gasteiger partial charge in [0, 0.05) is 12.6 Å². The SMILES string of the molecule is CC[C@H]1NC[C@H](O)[C@@H](O)[C@@H]1O. The minimum Gasteiger partial charge on any atom is -0.389 e. The van der Waals surface area contributed by atoms with E-state index >= 15 is 0 Å². The zero-order valence-electron chi connectivity index (χ0n) is 6.57. The average molecular weight is 161 g/mol. The van der Waals surface area contributed by atoms with Gasteiger partial charge in [-0.1, -0.05) is 6.92 Å². The topological polar surface area (TPSA) is 72.7 Å². The van der Waals surface area contributed by atoms with Crippen LogP contribution in [0.1, 0.15) is 13.3 Å². The molecule has 4 N–H and O–H groups in total. The third kappa shape index (κ3) is 1.70. The molecule has 0 aromatic carbocycles. The van der Waals surface area contributed by atoms with Crippen LogP contribution < -0.4 is 5.32 Å². The number of rotatable bonds is 1. The molecule has 4 nitrogen and oxygen atoms in total. The predicted molar refractivity (Wildman–Crippen MR) is 40.1 cm³/mol. The molecule has 0 aromatic heterocycles. The molecular formula is C7H15NO3. The van der Waals surface area contributed by atoms with Crippen molar-refractivity contribution in [2.75, 3.05) is 6.54 Å². The first kappa shape index (κ1) is 8.93. The van der Waals surface area contributed by atoms with Crippen molar-refractivity contribution < 1.29 is 15.3 Å². The zero-order chi connectivity index (χ0) is 8.43. The first-order valence-corrected chi connectivity index (χ1v) is 3.94. The van der Waals surface area contributed by atoms with E-state index in [-0.39, 0.29) is 6.04 Å². The van der Waals surface area contributed by atoms with Crippen LogP contribution in [0.25, 0.3) is 0 Å². The van der Waals surface area contributed by atoms with Crippen molar-refractivity contribution in [2.24, 2.45) is 0 Å². The molecule has 4 heteroatoms. The molecule has 4 atom stereocenters. The van der Waals surface area contributed by atoms with Crippen molar-refractivity contribution in [3.8, 4) is 0 Å². The normalized spacial score (nSPS) is 45.8. The van der Waals surface area contributed by atoms with Gasteiger partial charge in [0.2, 0.25) is 0 Å². The molecule has 0 spiro atoms. The molecule has 0 unspecified atom stereocenters. The Bertz CT molecular complexity index is 129. The second-order valence-electron chi connectivity index (χ2n) is 2.97. The minimum absolute atomic E-state index is 0.0894. The highest BCUT2D eigenvalue weighted by Gasteiger charge is 2.34. The highest BCUT2D eigenvalue weighted by atomic mass is 16.4. The largest absolute Gasteiger partial charge is 0.389 e. The van der Waals surface area contributed by atoms with E-state index in [2.05, 4.69) is 5.32 Å². The van der Waals surface area contributed by atoms with E-state index in [1.807, 2.05) is 6.92 Å². The van der Waals surface area contributed by atoms with Gasteiger partial charge in [0.05, 0.1) is 12.2 Å². The third-order valence-corrected chi connectivity index (χ3v) is 2.19. The molecule has 1 aliphatic rings. The molecular weight excluding hydrogens is 146 g/mol. The summed E-state index contributed by atoms with van der Waals surface area (Å²) in [6.45, 7) is 2.28. The lowest BCUT2D eigenvalue weighted by Crippen LogP contribution is -2.59. The van der Waals surface area contributed by atoms with Crippen LogP contribution in [-0.4, -0.2) is 46.2 Å². The molecule has 1 heterocycles. The number of nitrogens with one attached hydrogen (secondary N) is 1. The molecule has 1 rings (SSSR count). The molecule has 0 aromatic rings. The van der Waals surface area contributed by atoms with Gasteiger partial charge in [0.1, 0.15) is 6.10 Å². The first-order valence-electron chi connectivity index (χ1n) is 3.94. The number of β-amino-alcohol motifs (C(OH)–C–C–N with tert-alkyl or cyclic N) is 1. The van der Waals surface area contributed by atoms with Crippen LogP contribution in [0.4, 0.5) is 0 Å². The summed E-state index contributed by atoms with van der Waals surface area (Å²) in [6.07, 6.45) is -1.93. The van der Waals surface area contributed by atoms with Crippen molar-refractivity contribution in [1.82, 2.24) is 5.32 Å². The molecule has 0 bridgehead atoms. The monoisotopic (exact) mass is 161 g/mol. The van der Waals surface area contributed by atoms with E-state index < -0.39 is 18.3 Å². The second kappa shape index (κ2) is 3.49. The molecule has 0 saturated carbocycles. The van der Waals surface area contributed by atoms with Crippen LogP contribution in [0.2, 0.25) is 0 Å². The van der Waals surface area contributed by atoms with Gasteiger partial charge >= 0.3 is 0 Å². The maximum Gasteiger partial charge on any atom is 0.108 e. The van der Waals surface area contributed by atoms with E-state index in [0.717, 1.165) is 6.42 Å². The van der Waals surface area contributed by atoms with Gasteiger partial charge in [-0.15, -0.1) is 0 Å². The molecule has 1 saturated heterocycles. The first-order chi connectivity index (χ1) is 5.16. The fourth-order valence-electron chi connectivity index (χ4n) is 1.37. The van der Waals surface area contributed by atoms with Gasteiger partial charge in [-0.25, -0.2) is 0 Å². The Morgan fingerprint density at radius 1 is 1.27 bits per heavy atom. The van der Waals surface area contributed by atoms with Gasteiger partial charge in [0.15, 0.2) is 0 Å². The van der Waals surface area contributed by atoms with Crippen LogP contribution in [0.3, 0.4) is 0 Å². The highest BCUT2D eigenvalue weighted by molar-refractivity contribution is 4.91. The van der Waals surface area contributed by atoms with Gasteiger partial charge in [0.25, 0.3) is 0 Å². The van der Waals surface area contributed by atoms with Gasteiger partial charge in [-0.3, -0.25) is 0 Å². The van der Waals surface area contributed by atoms with Crippen molar-refractivity contribution in [1.29, 1.82) is 0 Å². The maximum absolute atomic E-state index is 9.34. The summed E-state index contributed by atoms with van der Waals surface area (Å²) in [5, 5.41) is 30.6. The van der Waals surface area contributed by atoms with E-state index in [1.54, 1.807) is 0 Å². The lowest BCUT2D eigenvalue weighted by molar-refractivity contribution is -0.0943. The highest BCUT2D eigenvalue weighted by Crippen LogP contribution is 2.12. The van der Waals surface area contributed by atoms with Crippen LogP contribution in [0.15, 0.2) is 0 Å². The summed E-state index contributed by atoms with van der Waals surface area (Å²) >= 11 is 0. The molecule has 1 fully saturated rings. The Morgan fingerprint density at radius 2 is 1.91 bits per heavy atom. The molecule has 66 valence electrons. The Labute approximate surface area is 65.9 Å². The zero-order valence-corrected chi connectivity index (χ0v) is 6.57. The Hall–Kier alpha value is -0.160. The van der Waals surface area contributed by atoms with Crippen LogP contribution in [0.5, 0.6) is 0 Å². The Morgan fingerprint density at radius 3 is 2.45 bits per heavy atom. The van der Waals surface area contributed by atoms with E-state index in [4.69, 9.17) is 5.11 Å². The molecule has 0 radical (unpaired) electrons. The molecule has 0 amide bonds.